The monoisotopic (exact) mass is 374 g/mol. The molecule has 0 fully saturated rings. The van der Waals surface area contributed by atoms with Crippen molar-refractivity contribution >= 4 is 0 Å². The normalized spacial score (nSPS) is 13.0. The minimum absolute atomic E-state index is 0.391. The summed E-state index contributed by atoms with van der Waals surface area (Å²) >= 11 is 0. The summed E-state index contributed by atoms with van der Waals surface area (Å²) < 4.78 is 121. The van der Waals surface area contributed by atoms with Crippen LogP contribution in [0.4, 0.5) is 39.5 Å². The summed E-state index contributed by atoms with van der Waals surface area (Å²) in [6.07, 6.45) is -16.4. The van der Waals surface area contributed by atoms with Crippen molar-refractivity contribution in [3.63, 3.8) is 0 Å². The van der Waals surface area contributed by atoms with Crippen molar-refractivity contribution < 1.29 is 44.3 Å². The average Bonchev–Trinajstić information content (AvgIpc) is 2.45. The maximum Gasteiger partial charge on any atom is 0.420 e. The van der Waals surface area contributed by atoms with Gasteiger partial charge in [0.15, 0.2) is 5.75 Å². The van der Waals surface area contributed by atoms with Crippen LogP contribution in [-0.2, 0) is 18.5 Å². The van der Waals surface area contributed by atoms with Gasteiger partial charge in [0.25, 0.3) is 0 Å². The van der Waals surface area contributed by atoms with Crippen LogP contribution in [0, 0.1) is 0 Å². The van der Waals surface area contributed by atoms with E-state index < -0.39 is 58.9 Å². The third-order valence-corrected chi connectivity index (χ3v) is 2.99. The van der Waals surface area contributed by atoms with Crippen LogP contribution in [-0.4, -0.2) is 0 Å². The smallest absolute Gasteiger partial charge is 0.420 e. The molecule has 0 spiro atoms. The molecule has 1 nitrogen and oxygen atoms in total. The SMILES string of the molecule is FC(F)(F)c1cc(C(F)(F)F)c(Oc2ccccc2)c(C(F)(F)F)c1. The molecule has 0 aliphatic heterocycles. The second kappa shape index (κ2) is 6.16. The second-order valence-corrected chi connectivity index (χ2v) is 4.81. The summed E-state index contributed by atoms with van der Waals surface area (Å²) in [4.78, 5) is 0. The van der Waals surface area contributed by atoms with Crippen molar-refractivity contribution in [3.8, 4) is 11.5 Å². The topological polar surface area (TPSA) is 9.23 Å². The Kier molecular flexibility index (Phi) is 4.67. The first-order valence-corrected chi connectivity index (χ1v) is 6.42. The number of para-hydroxylation sites is 1. The fourth-order valence-electron chi connectivity index (χ4n) is 1.93. The second-order valence-electron chi connectivity index (χ2n) is 4.81. The molecule has 0 aromatic heterocycles. The van der Waals surface area contributed by atoms with Crippen LogP contribution in [0.2, 0.25) is 0 Å². The number of rotatable bonds is 2. The molecule has 136 valence electrons. The summed E-state index contributed by atoms with van der Waals surface area (Å²) in [5.41, 5.74) is -6.41. The fraction of sp³-hybridized carbons (Fsp3) is 0.200. The van der Waals surface area contributed by atoms with Gasteiger partial charge >= 0.3 is 18.5 Å². The Morgan fingerprint density at radius 1 is 0.600 bits per heavy atom. The van der Waals surface area contributed by atoms with Crippen LogP contribution in [0.5, 0.6) is 11.5 Å². The Labute approximate surface area is 134 Å². The van der Waals surface area contributed by atoms with Crippen molar-refractivity contribution in [2.75, 3.05) is 0 Å². The predicted molar refractivity (Wildman–Crippen MR) is 68.0 cm³/mol. The molecular weight excluding hydrogens is 367 g/mol. The Bertz CT molecular complexity index is 707. The summed E-state index contributed by atoms with van der Waals surface area (Å²) in [7, 11) is 0. The molecule has 0 radical (unpaired) electrons. The molecule has 0 bridgehead atoms. The first kappa shape index (κ1) is 18.9. The number of halogens is 9. The van der Waals surface area contributed by atoms with Gasteiger partial charge in [-0.1, -0.05) is 18.2 Å². The van der Waals surface area contributed by atoms with Gasteiger partial charge in [0.2, 0.25) is 0 Å². The fourth-order valence-corrected chi connectivity index (χ4v) is 1.93. The van der Waals surface area contributed by atoms with E-state index in [0.717, 1.165) is 12.1 Å². The summed E-state index contributed by atoms with van der Waals surface area (Å²) in [6.45, 7) is 0. The highest BCUT2D eigenvalue weighted by molar-refractivity contribution is 5.50. The van der Waals surface area contributed by atoms with Crippen molar-refractivity contribution in [1.29, 1.82) is 0 Å². The van der Waals surface area contributed by atoms with E-state index in [1.807, 2.05) is 0 Å². The lowest BCUT2D eigenvalue weighted by Crippen LogP contribution is -2.17. The van der Waals surface area contributed by atoms with Crippen LogP contribution in [0.15, 0.2) is 42.5 Å². The van der Waals surface area contributed by atoms with Gasteiger partial charge in [-0.3, -0.25) is 0 Å². The van der Waals surface area contributed by atoms with E-state index in [1.165, 1.54) is 18.2 Å². The molecular formula is C15H7F9O. The number of hydrogen-bond acceptors (Lipinski definition) is 1. The number of alkyl halides is 9. The zero-order chi connectivity index (χ0) is 19.0. The minimum Gasteiger partial charge on any atom is -0.456 e. The van der Waals surface area contributed by atoms with Crippen LogP contribution in [0.1, 0.15) is 16.7 Å². The largest absolute Gasteiger partial charge is 0.456 e. The Morgan fingerprint density at radius 3 is 1.40 bits per heavy atom. The summed E-state index contributed by atoms with van der Waals surface area (Å²) in [6, 6.07) is 5.30. The molecule has 0 heterocycles. The van der Waals surface area contributed by atoms with E-state index in [4.69, 9.17) is 0 Å². The zero-order valence-corrected chi connectivity index (χ0v) is 11.9. The van der Waals surface area contributed by atoms with E-state index in [2.05, 4.69) is 4.74 Å². The van der Waals surface area contributed by atoms with Crippen molar-refractivity contribution in [2.24, 2.45) is 0 Å². The molecule has 10 heteroatoms. The van der Waals surface area contributed by atoms with E-state index >= 15 is 0 Å². The van der Waals surface area contributed by atoms with E-state index in [9.17, 15) is 39.5 Å². The van der Waals surface area contributed by atoms with Crippen LogP contribution in [0.25, 0.3) is 0 Å². The van der Waals surface area contributed by atoms with Crippen molar-refractivity contribution in [1.82, 2.24) is 0 Å². The van der Waals surface area contributed by atoms with E-state index in [1.54, 1.807) is 0 Å². The number of benzene rings is 2. The van der Waals surface area contributed by atoms with Gasteiger partial charge in [-0.15, -0.1) is 0 Å². The molecule has 0 aliphatic rings. The first-order chi connectivity index (χ1) is 11.3. The molecule has 2 aromatic carbocycles. The maximum atomic E-state index is 13.1. The average molecular weight is 374 g/mol. The first-order valence-electron chi connectivity index (χ1n) is 6.42. The molecule has 25 heavy (non-hydrogen) atoms. The van der Waals surface area contributed by atoms with Crippen LogP contribution >= 0.6 is 0 Å². The van der Waals surface area contributed by atoms with Crippen molar-refractivity contribution in [2.45, 2.75) is 18.5 Å². The van der Waals surface area contributed by atoms with Gasteiger partial charge in [-0.25, -0.2) is 0 Å². The van der Waals surface area contributed by atoms with Crippen LogP contribution < -0.4 is 4.74 Å². The Morgan fingerprint density at radius 2 is 1.04 bits per heavy atom. The lowest BCUT2D eigenvalue weighted by molar-refractivity contribution is -0.149. The Hall–Kier alpha value is -2.39. The molecule has 0 atom stereocenters. The maximum absolute atomic E-state index is 13.1. The molecule has 0 amide bonds. The molecule has 2 aromatic rings. The number of hydrogen-bond donors (Lipinski definition) is 0. The quantitative estimate of drug-likeness (QED) is 0.543. The van der Waals surface area contributed by atoms with Gasteiger partial charge in [-0.05, 0) is 24.3 Å². The molecule has 2 rings (SSSR count). The third-order valence-electron chi connectivity index (χ3n) is 2.99. The van der Waals surface area contributed by atoms with Crippen LogP contribution in [0.3, 0.4) is 0 Å². The zero-order valence-electron chi connectivity index (χ0n) is 11.9. The van der Waals surface area contributed by atoms with E-state index in [-0.39, 0.29) is 0 Å². The molecule has 0 aliphatic carbocycles. The predicted octanol–water partition coefficient (Wildman–Crippen LogP) is 6.54. The highest BCUT2D eigenvalue weighted by Crippen LogP contribution is 2.48. The minimum atomic E-state index is -5.49. The Balaban J connectivity index is 2.77. The highest BCUT2D eigenvalue weighted by Gasteiger charge is 2.46. The standard InChI is InChI=1S/C15H7F9O/c16-13(17,18)8-6-10(14(19,20)21)12(11(7-8)15(22,23)24)25-9-4-2-1-3-5-9/h1-7H. The lowest BCUT2D eigenvalue weighted by atomic mass is 10.0. The van der Waals surface area contributed by atoms with Gasteiger partial charge in [0.05, 0.1) is 16.7 Å². The lowest BCUT2D eigenvalue weighted by Gasteiger charge is -2.21. The number of ether oxygens (including phenoxy) is 1. The van der Waals surface area contributed by atoms with Gasteiger partial charge in [-0.2, -0.15) is 39.5 Å². The molecule has 0 saturated heterocycles. The van der Waals surface area contributed by atoms with Gasteiger partial charge < -0.3 is 4.74 Å². The molecule has 0 N–H and O–H groups in total. The summed E-state index contributed by atoms with van der Waals surface area (Å²) in [5.74, 6) is -2.13. The van der Waals surface area contributed by atoms with Gasteiger partial charge in [0.1, 0.15) is 5.75 Å². The third kappa shape index (κ3) is 4.37. The van der Waals surface area contributed by atoms with E-state index in [0.29, 0.717) is 0 Å². The summed E-state index contributed by atoms with van der Waals surface area (Å²) in [5, 5.41) is 0. The highest BCUT2D eigenvalue weighted by atomic mass is 19.4. The van der Waals surface area contributed by atoms with Gasteiger partial charge in [0, 0.05) is 0 Å². The molecule has 0 saturated carbocycles. The molecule has 0 unspecified atom stereocenters. The van der Waals surface area contributed by atoms with Crippen molar-refractivity contribution in [3.05, 3.63) is 59.2 Å².